The highest BCUT2D eigenvalue weighted by molar-refractivity contribution is 7.90. The number of nitrogens with zero attached hydrogens (tertiary/aromatic N) is 6. The Bertz CT molecular complexity index is 3250. The number of hydrogen-bond donors (Lipinski definition) is 4. The first-order chi connectivity index (χ1) is 36.9. The lowest BCUT2D eigenvalue weighted by Gasteiger charge is -2.58. The van der Waals surface area contributed by atoms with Crippen LogP contribution in [0.15, 0.2) is 96.3 Å². The van der Waals surface area contributed by atoms with Gasteiger partial charge in [0.2, 0.25) is 5.82 Å². The number of anilines is 2. The summed E-state index contributed by atoms with van der Waals surface area (Å²) in [6.45, 7) is 11.8. The number of amides is 1. The molecule has 18 nitrogen and oxygen atoms in total. The molecule has 2 saturated carbocycles. The van der Waals surface area contributed by atoms with Gasteiger partial charge in [-0.05, 0) is 123 Å². The molecule has 4 aliphatic rings. The Morgan fingerprint density at radius 2 is 1.69 bits per heavy atom. The summed E-state index contributed by atoms with van der Waals surface area (Å²) in [5, 5.41) is 25.7. The Morgan fingerprint density at radius 3 is 2.42 bits per heavy atom. The Hall–Kier alpha value is -6.87. The van der Waals surface area contributed by atoms with E-state index in [-0.39, 0.29) is 45.6 Å². The molecule has 20 heteroatoms. The number of pyridine rings is 2. The largest absolute Gasteiger partial charge is 0.493 e. The second-order valence-electron chi connectivity index (χ2n) is 22.0. The molecule has 4 N–H and O–H groups in total. The molecule has 0 unspecified atom stereocenters. The van der Waals surface area contributed by atoms with Gasteiger partial charge in [0, 0.05) is 81.9 Å². The van der Waals surface area contributed by atoms with Crippen LogP contribution in [-0.2, 0) is 16.6 Å². The standard InChI is InChI=1S/C57H68FN9O9S/c1-36(2)43-8-6-7-9-44(43)49-35-64(34-38-10-13-50(74-4)52(24-38)75-5)22-23-66(49)40-28-57(29-40)18-20-65(21-19-57)39-11-12-45(51(25-39)76-41-26-46-47(58)33-62-53(46)60-31-41)55(68)63-77(72,73)42-27-48(67(70)71)54(61-32-42)59-30-37-14-16-56(3,69)17-15-37/h6-13,24-27,31-33,36-37,40,49,69H,14-23,28-30,34-35H2,1-5H3,(H,59,61)(H,60,62)(H,63,68)/t37?,49-,56?/m0/s1. The van der Waals surface area contributed by atoms with Crippen molar-refractivity contribution in [1.82, 2.24) is 29.5 Å². The number of benzene rings is 3. The van der Waals surface area contributed by atoms with E-state index >= 15 is 0 Å². The van der Waals surface area contributed by atoms with Gasteiger partial charge in [-0.15, -0.1) is 0 Å². The number of aromatic amines is 1. The molecule has 0 bridgehead atoms. The van der Waals surface area contributed by atoms with Gasteiger partial charge in [0.15, 0.2) is 11.5 Å². The van der Waals surface area contributed by atoms with E-state index in [1.165, 1.54) is 41.2 Å². The van der Waals surface area contributed by atoms with Gasteiger partial charge in [-0.2, -0.15) is 0 Å². The number of methoxy groups -OCH3 is 2. The van der Waals surface area contributed by atoms with Gasteiger partial charge < -0.3 is 34.5 Å². The number of piperazine rings is 1. The van der Waals surface area contributed by atoms with E-state index in [4.69, 9.17) is 14.2 Å². The van der Waals surface area contributed by atoms with Gasteiger partial charge in [-0.3, -0.25) is 24.7 Å². The predicted octanol–water partition coefficient (Wildman–Crippen LogP) is 9.72. The van der Waals surface area contributed by atoms with E-state index in [1.807, 2.05) is 6.07 Å². The number of fused-ring (bicyclic) bond motifs is 1. The zero-order chi connectivity index (χ0) is 54.2. The third-order valence-corrected chi connectivity index (χ3v) is 17.8. The third kappa shape index (κ3) is 11.6. The fraction of sp³-hybridized carbons (Fsp3) is 0.456. The fourth-order valence-electron chi connectivity index (χ4n) is 12.1. The van der Waals surface area contributed by atoms with Gasteiger partial charge in [-0.1, -0.05) is 44.2 Å². The average molecular weight is 1070 g/mol. The summed E-state index contributed by atoms with van der Waals surface area (Å²) in [5.74, 6) is 0.361. The lowest BCUT2D eigenvalue weighted by molar-refractivity contribution is -0.384. The minimum atomic E-state index is -4.71. The highest BCUT2D eigenvalue weighted by Gasteiger charge is 2.50. The number of aromatic nitrogens is 3. The first-order valence-corrected chi connectivity index (χ1v) is 28.0. The zero-order valence-electron chi connectivity index (χ0n) is 44.3. The quantitative estimate of drug-likeness (QED) is 0.0494. The maximum atomic E-state index is 14.7. The second-order valence-corrected chi connectivity index (χ2v) is 23.7. The van der Waals surface area contributed by atoms with Crippen LogP contribution in [0.25, 0.3) is 11.0 Å². The second kappa shape index (κ2) is 21.9. The number of halogens is 1. The van der Waals surface area contributed by atoms with E-state index in [2.05, 4.69) is 89.9 Å². The first-order valence-electron chi connectivity index (χ1n) is 26.6. The van der Waals surface area contributed by atoms with Crippen LogP contribution in [0.1, 0.15) is 111 Å². The zero-order valence-corrected chi connectivity index (χ0v) is 45.1. The van der Waals surface area contributed by atoms with Crippen molar-refractivity contribution in [2.45, 2.75) is 107 Å². The minimum Gasteiger partial charge on any atom is -0.493 e. The van der Waals surface area contributed by atoms with E-state index in [9.17, 15) is 32.8 Å². The molecule has 2 saturated heterocycles. The summed E-state index contributed by atoms with van der Waals surface area (Å²) in [7, 11) is -1.39. The van der Waals surface area contributed by atoms with Gasteiger partial charge in [0.05, 0.1) is 48.1 Å². The molecule has 5 heterocycles. The SMILES string of the molecule is COc1ccc(CN2CCN(C3CC4(CCN(c5ccc(C(=O)NS(=O)(=O)c6cnc(NCC7CCC(C)(O)CC7)c([N+](=O)[O-])c6)c(Oc6cnc7[nH]cc(F)c7c6)c5)CC4)C3)[C@H](c3ccccc3C(C)C)C2)cc1OC. The fourth-order valence-corrected chi connectivity index (χ4v) is 13.0. The molecule has 10 rings (SSSR count). The number of piperidine rings is 1. The van der Waals surface area contributed by atoms with Gasteiger partial charge in [0.25, 0.3) is 15.9 Å². The number of carbonyl (C=O) groups excluding carboxylic acids is 1. The van der Waals surface area contributed by atoms with E-state index in [1.54, 1.807) is 33.3 Å². The van der Waals surface area contributed by atoms with E-state index < -0.39 is 42.9 Å². The van der Waals surface area contributed by atoms with Crippen LogP contribution in [0.5, 0.6) is 23.0 Å². The van der Waals surface area contributed by atoms with Crippen molar-refractivity contribution in [1.29, 1.82) is 0 Å². The Kier molecular flexibility index (Phi) is 15.2. The van der Waals surface area contributed by atoms with Crippen molar-refractivity contribution in [2.24, 2.45) is 11.3 Å². The lowest BCUT2D eigenvalue weighted by Crippen LogP contribution is -2.60. The molecule has 408 valence electrons. The lowest BCUT2D eigenvalue weighted by atomic mass is 9.59. The third-order valence-electron chi connectivity index (χ3n) is 16.5. The number of rotatable bonds is 17. The number of H-pyrrole nitrogens is 1. The predicted molar refractivity (Wildman–Crippen MR) is 291 cm³/mol. The molecular formula is C57H68FN9O9S. The van der Waals surface area contributed by atoms with Gasteiger partial charge in [-0.25, -0.2) is 27.5 Å². The molecule has 6 aromatic rings. The van der Waals surface area contributed by atoms with E-state index in [0.29, 0.717) is 55.6 Å². The topological polar surface area (TPSA) is 218 Å². The van der Waals surface area contributed by atoms with Gasteiger partial charge in [0.1, 0.15) is 27.9 Å². The van der Waals surface area contributed by atoms with Crippen LogP contribution >= 0.6 is 0 Å². The van der Waals surface area contributed by atoms with Crippen LogP contribution in [0.3, 0.4) is 0 Å². The summed E-state index contributed by atoms with van der Waals surface area (Å²) in [4.78, 5) is 43.7. The monoisotopic (exact) mass is 1070 g/mol. The minimum absolute atomic E-state index is 0.00200. The van der Waals surface area contributed by atoms with Crippen molar-refractivity contribution in [3.63, 3.8) is 0 Å². The average Bonchev–Trinajstić information content (AvgIpc) is 3.82. The van der Waals surface area contributed by atoms with Gasteiger partial charge >= 0.3 is 5.69 Å². The van der Waals surface area contributed by atoms with Crippen molar-refractivity contribution < 1.29 is 41.8 Å². The maximum Gasteiger partial charge on any atom is 0.312 e. The Balaban J connectivity index is 0.838. The molecule has 77 heavy (non-hydrogen) atoms. The molecule has 0 radical (unpaired) electrons. The summed E-state index contributed by atoms with van der Waals surface area (Å²) < 4.78 is 61.9. The number of hydrogen-bond acceptors (Lipinski definition) is 15. The first kappa shape index (κ1) is 53.5. The number of ether oxygens (including phenoxy) is 3. The normalized spacial score (nSPS) is 21.2. The molecule has 1 atom stereocenters. The molecule has 2 aliphatic carbocycles. The smallest absolute Gasteiger partial charge is 0.312 e. The van der Waals surface area contributed by atoms with Crippen molar-refractivity contribution in [3.8, 4) is 23.0 Å². The number of carbonyl (C=O) groups is 1. The van der Waals surface area contributed by atoms with E-state index in [0.717, 1.165) is 88.7 Å². The van der Waals surface area contributed by atoms with Crippen molar-refractivity contribution in [2.75, 3.05) is 63.7 Å². The van der Waals surface area contributed by atoms with Crippen LogP contribution in [0.2, 0.25) is 0 Å². The highest BCUT2D eigenvalue weighted by atomic mass is 32.2. The molecule has 1 amide bonds. The van der Waals surface area contributed by atoms with Crippen LogP contribution in [-0.4, -0.2) is 114 Å². The number of nitrogens with one attached hydrogen (secondary N) is 3. The summed E-state index contributed by atoms with van der Waals surface area (Å²) in [6.07, 6.45) is 10.2. The number of aliphatic hydroxyl groups is 1. The van der Waals surface area contributed by atoms with Crippen molar-refractivity contribution in [3.05, 3.63) is 130 Å². The summed E-state index contributed by atoms with van der Waals surface area (Å²) >= 11 is 0. The molecule has 3 aromatic carbocycles. The number of sulfonamides is 1. The number of nitro groups is 1. The highest BCUT2D eigenvalue weighted by Crippen LogP contribution is 2.53. The van der Waals surface area contributed by atoms with Crippen LogP contribution in [0, 0.1) is 27.3 Å². The molecule has 4 fully saturated rings. The van der Waals surface area contributed by atoms with Crippen molar-refractivity contribution >= 4 is 44.2 Å². The Morgan fingerprint density at radius 1 is 0.935 bits per heavy atom. The maximum absolute atomic E-state index is 14.7. The molecule has 1 spiro atoms. The summed E-state index contributed by atoms with van der Waals surface area (Å²) in [6, 6.07) is 23.0. The van der Waals surface area contributed by atoms with Crippen LogP contribution in [0.4, 0.5) is 21.6 Å². The Labute approximate surface area is 448 Å². The summed E-state index contributed by atoms with van der Waals surface area (Å²) in [5.41, 5.74) is 3.71. The molecule has 3 aromatic heterocycles. The van der Waals surface area contributed by atoms with Crippen LogP contribution < -0.4 is 29.1 Å². The molecule has 2 aliphatic heterocycles. The molecular weight excluding hydrogens is 1010 g/mol.